The van der Waals surface area contributed by atoms with Crippen molar-refractivity contribution in [1.29, 1.82) is 0 Å². The standard InChI is InChI=1S/C16H19N3/c1-2-13-3-4-15(12-16(13)17-7-1)19-11-10-18-8-5-14(19)6-9-18/h1-4,7,12,14H,5-6,8-11H2. The van der Waals surface area contributed by atoms with Crippen molar-refractivity contribution in [2.45, 2.75) is 18.9 Å². The fourth-order valence-corrected chi connectivity index (χ4v) is 3.46. The van der Waals surface area contributed by atoms with Crippen LogP contribution in [0.25, 0.3) is 10.9 Å². The van der Waals surface area contributed by atoms with E-state index in [0.717, 1.165) is 18.1 Å². The number of hydrogen-bond donors (Lipinski definition) is 0. The third kappa shape index (κ3) is 1.98. The first-order valence-corrected chi connectivity index (χ1v) is 7.24. The van der Waals surface area contributed by atoms with Crippen molar-refractivity contribution in [3.63, 3.8) is 0 Å². The molecule has 0 radical (unpaired) electrons. The maximum absolute atomic E-state index is 4.48. The van der Waals surface area contributed by atoms with Gasteiger partial charge in [-0.1, -0.05) is 12.1 Å². The molecule has 1 aromatic carbocycles. The number of rotatable bonds is 1. The summed E-state index contributed by atoms with van der Waals surface area (Å²) >= 11 is 0. The van der Waals surface area contributed by atoms with Crippen LogP contribution in [0.15, 0.2) is 36.5 Å². The predicted octanol–water partition coefficient (Wildman–Crippen LogP) is 2.52. The molecule has 4 heterocycles. The number of benzene rings is 1. The van der Waals surface area contributed by atoms with E-state index in [4.69, 9.17) is 0 Å². The van der Waals surface area contributed by atoms with E-state index in [1.807, 2.05) is 12.3 Å². The number of nitrogens with zero attached hydrogens (tertiary/aromatic N) is 3. The number of anilines is 1. The van der Waals surface area contributed by atoms with Crippen LogP contribution in [-0.2, 0) is 0 Å². The van der Waals surface area contributed by atoms with Gasteiger partial charge in [0.05, 0.1) is 5.52 Å². The zero-order valence-corrected chi connectivity index (χ0v) is 11.1. The molecule has 0 atom stereocenters. The van der Waals surface area contributed by atoms with Gasteiger partial charge < -0.3 is 9.80 Å². The highest BCUT2D eigenvalue weighted by Gasteiger charge is 2.29. The van der Waals surface area contributed by atoms with Crippen LogP contribution in [0.1, 0.15) is 12.8 Å². The summed E-state index contributed by atoms with van der Waals surface area (Å²) in [5.74, 6) is 0. The van der Waals surface area contributed by atoms with E-state index < -0.39 is 0 Å². The third-order valence-corrected chi connectivity index (χ3v) is 4.58. The second-order valence-corrected chi connectivity index (χ2v) is 5.65. The lowest BCUT2D eigenvalue weighted by molar-refractivity contribution is 0.250. The molecule has 0 unspecified atom stereocenters. The van der Waals surface area contributed by atoms with Gasteiger partial charge >= 0.3 is 0 Å². The van der Waals surface area contributed by atoms with Gasteiger partial charge in [-0.3, -0.25) is 4.98 Å². The fourth-order valence-electron chi connectivity index (χ4n) is 3.46. The highest BCUT2D eigenvalue weighted by atomic mass is 15.3. The molecule has 3 saturated heterocycles. The minimum Gasteiger partial charge on any atom is -0.367 e. The molecule has 0 amide bonds. The summed E-state index contributed by atoms with van der Waals surface area (Å²) in [7, 11) is 0. The Labute approximate surface area is 113 Å². The lowest BCUT2D eigenvalue weighted by Gasteiger charge is -2.33. The average molecular weight is 253 g/mol. The number of piperidine rings is 1. The first-order chi connectivity index (χ1) is 9.40. The molecule has 19 heavy (non-hydrogen) atoms. The molecule has 3 heteroatoms. The molecule has 0 N–H and O–H groups in total. The van der Waals surface area contributed by atoms with Crippen molar-refractivity contribution in [2.75, 3.05) is 31.1 Å². The van der Waals surface area contributed by atoms with Crippen LogP contribution in [0.5, 0.6) is 0 Å². The summed E-state index contributed by atoms with van der Waals surface area (Å²) < 4.78 is 0. The summed E-state index contributed by atoms with van der Waals surface area (Å²) in [6, 6.07) is 11.6. The molecule has 1 aromatic heterocycles. The van der Waals surface area contributed by atoms with Crippen LogP contribution < -0.4 is 4.90 Å². The second-order valence-electron chi connectivity index (χ2n) is 5.65. The van der Waals surface area contributed by atoms with Crippen LogP contribution in [0.3, 0.4) is 0 Å². The van der Waals surface area contributed by atoms with Crippen LogP contribution >= 0.6 is 0 Å². The van der Waals surface area contributed by atoms with Gasteiger partial charge in [-0.15, -0.1) is 0 Å². The Morgan fingerprint density at radius 2 is 1.89 bits per heavy atom. The van der Waals surface area contributed by atoms with Crippen molar-refractivity contribution in [3.8, 4) is 0 Å². The molecular weight excluding hydrogens is 234 g/mol. The summed E-state index contributed by atoms with van der Waals surface area (Å²) in [6.45, 7) is 4.90. The summed E-state index contributed by atoms with van der Waals surface area (Å²) in [4.78, 5) is 9.68. The van der Waals surface area contributed by atoms with Gasteiger partial charge in [0.2, 0.25) is 0 Å². The Morgan fingerprint density at radius 1 is 1.00 bits per heavy atom. The number of aromatic nitrogens is 1. The molecule has 98 valence electrons. The zero-order valence-electron chi connectivity index (χ0n) is 11.1. The van der Waals surface area contributed by atoms with Gasteiger partial charge in [0, 0.05) is 49.5 Å². The van der Waals surface area contributed by atoms with E-state index in [0.29, 0.717) is 0 Å². The Balaban J connectivity index is 1.72. The zero-order chi connectivity index (χ0) is 12.7. The van der Waals surface area contributed by atoms with Crippen molar-refractivity contribution < 1.29 is 0 Å². The lowest BCUT2D eigenvalue weighted by Crippen LogP contribution is -2.37. The second kappa shape index (κ2) is 4.49. The van der Waals surface area contributed by atoms with E-state index in [-0.39, 0.29) is 0 Å². The molecule has 3 aliphatic heterocycles. The van der Waals surface area contributed by atoms with Crippen molar-refractivity contribution >= 4 is 16.6 Å². The maximum Gasteiger partial charge on any atom is 0.0722 e. The van der Waals surface area contributed by atoms with E-state index >= 15 is 0 Å². The van der Waals surface area contributed by atoms with Crippen LogP contribution in [0.4, 0.5) is 5.69 Å². The topological polar surface area (TPSA) is 19.4 Å². The van der Waals surface area contributed by atoms with Gasteiger partial charge in [-0.2, -0.15) is 0 Å². The maximum atomic E-state index is 4.48. The van der Waals surface area contributed by atoms with E-state index in [2.05, 4.69) is 39.0 Å². The van der Waals surface area contributed by atoms with Gasteiger partial charge in [0.15, 0.2) is 0 Å². The lowest BCUT2D eigenvalue weighted by atomic mass is 10.0. The van der Waals surface area contributed by atoms with Crippen LogP contribution in [0, 0.1) is 0 Å². The highest BCUT2D eigenvalue weighted by molar-refractivity contribution is 5.82. The molecule has 0 spiro atoms. The molecule has 3 fully saturated rings. The SMILES string of the molecule is c1cnc2cc(N3CCN4CCC3CC4)ccc2c1. The summed E-state index contributed by atoms with van der Waals surface area (Å²) in [5, 5.41) is 1.23. The molecule has 2 aromatic rings. The monoisotopic (exact) mass is 253 g/mol. The van der Waals surface area contributed by atoms with Crippen molar-refractivity contribution in [1.82, 2.24) is 9.88 Å². The Morgan fingerprint density at radius 3 is 2.79 bits per heavy atom. The summed E-state index contributed by atoms with van der Waals surface area (Å²) in [5.41, 5.74) is 2.46. The first kappa shape index (κ1) is 11.2. The quantitative estimate of drug-likeness (QED) is 0.778. The molecule has 5 rings (SSSR count). The third-order valence-electron chi connectivity index (χ3n) is 4.58. The average Bonchev–Trinajstić information content (AvgIpc) is 2.80. The van der Waals surface area contributed by atoms with Crippen molar-refractivity contribution in [3.05, 3.63) is 36.5 Å². The van der Waals surface area contributed by atoms with E-state index in [1.54, 1.807) is 0 Å². The molecule has 0 aliphatic carbocycles. The van der Waals surface area contributed by atoms with E-state index in [1.165, 1.54) is 43.5 Å². The van der Waals surface area contributed by atoms with Gasteiger partial charge in [-0.25, -0.2) is 0 Å². The summed E-state index contributed by atoms with van der Waals surface area (Å²) in [6.07, 6.45) is 4.49. The number of fused-ring (bicyclic) bond motifs is 5. The van der Waals surface area contributed by atoms with Gasteiger partial charge in [0.25, 0.3) is 0 Å². The minimum absolute atomic E-state index is 0.722. The molecule has 0 saturated carbocycles. The largest absolute Gasteiger partial charge is 0.367 e. The first-order valence-electron chi connectivity index (χ1n) is 7.24. The minimum atomic E-state index is 0.722. The van der Waals surface area contributed by atoms with Gasteiger partial charge in [0.1, 0.15) is 0 Å². The van der Waals surface area contributed by atoms with E-state index in [9.17, 15) is 0 Å². The normalized spacial score (nSPS) is 26.6. The Kier molecular flexibility index (Phi) is 2.66. The number of hydrogen-bond acceptors (Lipinski definition) is 3. The fraction of sp³-hybridized carbons (Fsp3) is 0.438. The highest BCUT2D eigenvalue weighted by Crippen LogP contribution is 2.28. The number of pyridine rings is 1. The van der Waals surface area contributed by atoms with Gasteiger partial charge in [-0.05, 0) is 31.0 Å². The van der Waals surface area contributed by atoms with Crippen molar-refractivity contribution in [2.24, 2.45) is 0 Å². The predicted molar refractivity (Wildman–Crippen MR) is 78.6 cm³/mol. The molecule has 3 nitrogen and oxygen atoms in total. The Bertz CT molecular complexity index is 587. The Hall–Kier alpha value is -1.61. The molecular formula is C16H19N3. The molecule has 3 aliphatic rings. The van der Waals surface area contributed by atoms with Crippen LogP contribution in [-0.4, -0.2) is 42.1 Å². The smallest absolute Gasteiger partial charge is 0.0722 e. The van der Waals surface area contributed by atoms with Crippen LogP contribution in [0.2, 0.25) is 0 Å². The molecule has 2 bridgehead atoms.